The number of hydrogen-bond acceptors (Lipinski definition) is 3. The van der Waals surface area contributed by atoms with Crippen molar-refractivity contribution in [2.45, 2.75) is 19.4 Å². The number of methoxy groups -OCH3 is 1. The molecule has 1 rings (SSSR count). The van der Waals surface area contributed by atoms with Crippen LogP contribution in [0.15, 0.2) is 0 Å². The van der Waals surface area contributed by atoms with Gasteiger partial charge < -0.3 is 14.5 Å². The van der Waals surface area contributed by atoms with Gasteiger partial charge in [0, 0.05) is 39.7 Å². The summed E-state index contributed by atoms with van der Waals surface area (Å²) in [6.45, 7) is 6.08. The predicted octanol–water partition coefficient (Wildman–Crippen LogP) is 0.636. The Hall–Kier alpha value is -0.610. The summed E-state index contributed by atoms with van der Waals surface area (Å²) in [4.78, 5) is 4.44. The summed E-state index contributed by atoms with van der Waals surface area (Å²) in [5.41, 5.74) is 0. The molecule has 82 valence electrons. The highest BCUT2D eigenvalue weighted by molar-refractivity contribution is 5.79. The van der Waals surface area contributed by atoms with Crippen LogP contribution < -0.4 is 0 Å². The summed E-state index contributed by atoms with van der Waals surface area (Å²) in [7, 11) is 3.82. The van der Waals surface area contributed by atoms with E-state index in [9.17, 15) is 0 Å². The normalized spacial score (nSPS) is 20.9. The lowest BCUT2D eigenvalue weighted by Gasteiger charge is -2.34. The molecule has 0 spiro atoms. The van der Waals surface area contributed by atoms with Crippen molar-refractivity contribution >= 4 is 5.84 Å². The molecule has 0 amide bonds. The summed E-state index contributed by atoms with van der Waals surface area (Å²) in [6.07, 6.45) is 0.877. The minimum Gasteiger partial charge on any atom is -0.381 e. The SMILES string of the molecule is COC(C)CC(=N)N1CCN(C)CC1. The highest BCUT2D eigenvalue weighted by Crippen LogP contribution is 2.05. The Bertz CT molecular complexity index is 188. The van der Waals surface area contributed by atoms with Crippen molar-refractivity contribution < 1.29 is 4.74 Å². The van der Waals surface area contributed by atoms with Gasteiger partial charge in [-0.2, -0.15) is 0 Å². The molecule has 1 fully saturated rings. The minimum absolute atomic E-state index is 0.155. The smallest absolute Gasteiger partial charge is 0.0984 e. The van der Waals surface area contributed by atoms with Gasteiger partial charge in [0.1, 0.15) is 0 Å². The van der Waals surface area contributed by atoms with Crippen LogP contribution in [0.5, 0.6) is 0 Å². The molecule has 1 atom stereocenters. The summed E-state index contributed by atoms with van der Waals surface area (Å²) in [6, 6.07) is 0. The van der Waals surface area contributed by atoms with Gasteiger partial charge in [-0.3, -0.25) is 5.41 Å². The second-order valence-corrected chi connectivity index (χ2v) is 3.99. The van der Waals surface area contributed by atoms with Gasteiger partial charge in [-0.15, -0.1) is 0 Å². The maximum atomic E-state index is 7.91. The molecule has 0 saturated carbocycles. The molecule has 4 heteroatoms. The topological polar surface area (TPSA) is 39.6 Å². The Morgan fingerprint density at radius 3 is 2.43 bits per heavy atom. The fourth-order valence-corrected chi connectivity index (χ4v) is 1.56. The van der Waals surface area contributed by atoms with Crippen molar-refractivity contribution in [1.29, 1.82) is 5.41 Å². The van der Waals surface area contributed by atoms with Crippen molar-refractivity contribution in [3.8, 4) is 0 Å². The second kappa shape index (κ2) is 5.32. The fraction of sp³-hybridized carbons (Fsp3) is 0.900. The highest BCUT2D eigenvalue weighted by Gasteiger charge is 2.17. The van der Waals surface area contributed by atoms with Crippen LogP contribution in [0.25, 0.3) is 0 Å². The van der Waals surface area contributed by atoms with Crippen LogP contribution in [0, 0.1) is 5.41 Å². The average molecular weight is 199 g/mol. The largest absolute Gasteiger partial charge is 0.381 e. The first kappa shape index (κ1) is 11.5. The number of nitrogens with one attached hydrogen (secondary N) is 1. The molecule has 1 aliphatic rings. The first-order valence-electron chi connectivity index (χ1n) is 5.17. The fourth-order valence-electron chi connectivity index (χ4n) is 1.56. The zero-order valence-corrected chi connectivity index (χ0v) is 9.42. The van der Waals surface area contributed by atoms with E-state index in [1.807, 2.05) is 6.92 Å². The molecular weight excluding hydrogens is 178 g/mol. The van der Waals surface area contributed by atoms with E-state index < -0.39 is 0 Å². The van der Waals surface area contributed by atoms with E-state index in [4.69, 9.17) is 10.1 Å². The number of amidine groups is 1. The van der Waals surface area contributed by atoms with Gasteiger partial charge in [-0.1, -0.05) is 0 Å². The van der Waals surface area contributed by atoms with Crippen molar-refractivity contribution in [3.63, 3.8) is 0 Å². The Morgan fingerprint density at radius 2 is 1.93 bits per heavy atom. The standard InChI is InChI=1S/C10H21N3O/c1-9(14-3)8-10(11)13-6-4-12(2)5-7-13/h9,11H,4-8H2,1-3H3. The summed E-state index contributed by atoms with van der Waals surface area (Å²) in [5, 5.41) is 7.91. The zero-order valence-electron chi connectivity index (χ0n) is 9.42. The Labute approximate surface area is 86.3 Å². The average Bonchev–Trinajstić information content (AvgIpc) is 2.18. The van der Waals surface area contributed by atoms with Crippen molar-refractivity contribution in [1.82, 2.24) is 9.80 Å². The number of hydrogen-bond donors (Lipinski definition) is 1. The van der Waals surface area contributed by atoms with E-state index in [0.29, 0.717) is 5.84 Å². The molecule has 1 saturated heterocycles. The third-order valence-corrected chi connectivity index (χ3v) is 2.77. The number of likely N-dealkylation sites (N-methyl/N-ethyl adjacent to an activating group) is 1. The van der Waals surface area contributed by atoms with Crippen molar-refractivity contribution in [2.75, 3.05) is 40.3 Å². The van der Waals surface area contributed by atoms with Gasteiger partial charge >= 0.3 is 0 Å². The first-order chi connectivity index (χ1) is 6.63. The van der Waals surface area contributed by atoms with Gasteiger partial charge in [0.15, 0.2) is 0 Å². The monoisotopic (exact) mass is 199 g/mol. The molecule has 0 aromatic rings. The molecule has 0 radical (unpaired) electrons. The molecular formula is C10H21N3O. The molecule has 1 unspecified atom stereocenters. The van der Waals surface area contributed by atoms with E-state index in [1.165, 1.54) is 0 Å². The molecule has 1 aliphatic heterocycles. The van der Waals surface area contributed by atoms with Gasteiger partial charge in [0.2, 0.25) is 0 Å². The van der Waals surface area contributed by atoms with Crippen LogP contribution in [0.2, 0.25) is 0 Å². The number of piperazine rings is 1. The van der Waals surface area contributed by atoms with Gasteiger partial charge in [-0.25, -0.2) is 0 Å². The molecule has 1 heterocycles. The van der Waals surface area contributed by atoms with Crippen LogP contribution in [0.1, 0.15) is 13.3 Å². The third kappa shape index (κ3) is 3.27. The molecule has 14 heavy (non-hydrogen) atoms. The predicted molar refractivity (Wildman–Crippen MR) is 57.9 cm³/mol. The minimum atomic E-state index is 0.155. The maximum absolute atomic E-state index is 7.91. The Balaban J connectivity index is 2.30. The van der Waals surface area contributed by atoms with E-state index in [0.717, 1.165) is 32.6 Å². The van der Waals surface area contributed by atoms with Gasteiger partial charge in [-0.05, 0) is 14.0 Å². The second-order valence-electron chi connectivity index (χ2n) is 3.99. The lowest BCUT2D eigenvalue weighted by Crippen LogP contribution is -2.47. The Kier molecular flexibility index (Phi) is 4.35. The maximum Gasteiger partial charge on any atom is 0.0984 e. The van der Waals surface area contributed by atoms with E-state index in [2.05, 4.69) is 16.8 Å². The molecule has 0 aliphatic carbocycles. The quantitative estimate of drug-likeness (QED) is 0.535. The lowest BCUT2D eigenvalue weighted by molar-refractivity contribution is 0.119. The molecule has 0 aromatic carbocycles. The van der Waals surface area contributed by atoms with Crippen LogP contribution in [-0.2, 0) is 4.74 Å². The van der Waals surface area contributed by atoms with Crippen LogP contribution in [0.3, 0.4) is 0 Å². The van der Waals surface area contributed by atoms with Crippen LogP contribution in [0.4, 0.5) is 0 Å². The molecule has 1 N–H and O–H groups in total. The number of nitrogens with zero attached hydrogens (tertiary/aromatic N) is 2. The van der Waals surface area contributed by atoms with Gasteiger partial charge in [0.25, 0.3) is 0 Å². The van der Waals surface area contributed by atoms with Crippen molar-refractivity contribution in [3.05, 3.63) is 0 Å². The van der Waals surface area contributed by atoms with Gasteiger partial charge in [0.05, 0.1) is 11.9 Å². The molecule has 0 aromatic heterocycles. The molecule has 0 bridgehead atoms. The van der Waals surface area contributed by atoms with E-state index in [-0.39, 0.29) is 6.10 Å². The highest BCUT2D eigenvalue weighted by atomic mass is 16.5. The lowest BCUT2D eigenvalue weighted by atomic mass is 10.2. The van der Waals surface area contributed by atoms with Crippen LogP contribution in [-0.4, -0.2) is 62.1 Å². The number of rotatable bonds is 3. The van der Waals surface area contributed by atoms with Crippen LogP contribution >= 0.6 is 0 Å². The first-order valence-corrected chi connectivity index (χ1v) is 5.17. The summed E-state index contributed by atoms with van der Waals surface area (Å²) < 4.78 is 5.15. The number of ether oxygens (including phenoxy) is 1. The van der Waals surface area contributed by atoms with E-state index >= 15 is 0 Å². The van der Waals surface area contributed by atoms with Crippen molar-refractivity contribution in [2.24, 2.45) is 0 Å². The molecule has 4 nitrogen and oxygen atoms in total. The third-order valence-electron chi connectivity index (χ3n) is 2.77. The summed E-state index contributed by atoms with van der Waals surface area (Å²) in [5.74, 6) is 0.715. The summed E-state index contributed by atoms with van der Waals surface area (Å²) >= 11 is 0. The Morgan fingerprint density at radius 1 is 1.36 bits per heavy atom. The zero-order chi connectivity index (χ0) is 10.6. The van der Waals surface area contributed by atoms with E-state index in [1.54, 1.807) is 7.11 Å².